The summed E-state index contributed by atoms with van der Waals surface area (Å²) in [5, 5.41) is 9.72. The summed E-state index contributed by atoms with van der Waals surface area (Å²) >= 11 is 0. The van der Waals surface area contributed by atoms with Crippen LogP contribution in [0.4, 0.5) is 4.39 Å². The van der Waals surface area contributed by atoms with Gasteiger partial charge in [-0.15, -0.1) is 0 Å². The standard InChI is InChI=1S/C19H16FNO3/c1-24-15-6-2-12(3-7-15)17-10-13(4-9-19(22)23)16-8-5-14(20)11-18(16)21-17/h2-3,5-8,10-11H,4,9H2,1H3,(H,22,23). The van der Waals surface area contributed by atoms with E-state index in [-0.39, 0.29) is 12.2 Å². The number of pyridine rings is 1. The van der Waals surface area contributed by atoms with Crippen LogP contribution in [0.1, 0.15) is 12.0 Å². The Bertz CT molecular complexity index is 891. The first-order valence-corrected chi connectivity index (χ1v) is 7.52. The number of carbonyl (C=O) groups is 1. The van der Waals surface area contributed by atoms with Crippen molar-refractivity contribution in [2.75, 3.05) is 7.11 Å². The van der Waals surface area contributed by atoms with Gasteiger partial charge in [-0.25, -0.2) is 9.37 Å². The van der Waals surface area contributed by atoms with Crippen LogP contribution in [0.25, 0.3) is 22.2 Å². The summed E-state index contributed by atoms with van der Waals surface area (Å²) < 4.78 is 18.7. The van der Waals surface area contributed by atoms with E-state index in [4.69, 9.17) is 9.84 Å². The molecule has 1 aromatic heterocycles. The molecule has 0 amide bonds. The number of hydrogen-bond donors (Lipinski definition) is 1. The van der Waals surface area contributed by atoms with Crippen LogP contribution in [0.3, 0.4) is 0 Å². The topological polar surface area (TPSA) is 59.4 Å². The van der Waals surface area contributed by atoms with Gasteiger partial charge in [-0.1, -0.05) is 0 Å². The molecular weight excluding hydrogens is 309 g/mol. The number of fused-ring (bicyclic) bond motifs is 1. The monoisotopic (exact) mass is 325 g/mol. The first kappa shape index (κ1) is 15.9. The maximum absolute atomic E-state index is 13.6. The predicted molar refractivity (Wildman–Crippen MR) is 89.6 cm³/mol. The predicted octanol–water partition coefficient (Wildman–Crippen LogP) is 4.07. The average Bonchev–Trinajstić information content (AvgIpc) is 2.59. The van der Waals surface area contributed by atoms with E-state index in [1.165, 1.54) is 12.1 Å². The molecule has 0 spiro atoms. The van der Waals surface area contributed by atoms with E-state index in [2.05, 4.69) is 4.98 Å². The number of carboxylic acid groups (broad SMARTS) is 1. The van der Waals surface area contributed by atoms with Gasteiger partial charge in [0.1, 0.15) is 11.6 Å². The van der Waals surface area contributed by atoms with Gasteiger partial charge in [0.2, 0.25) is 0 Å². The molecular formula is C19H16FNO3. The molecule has 0 fully saturated rings. The molecule has 5 heteroatoms. The Balaban J connectivity index is 2.11. The molecule has 0 radical (unpaired) electrons. The number of aliphatic carboxylic acids is 1. The summed E-state index contributed by atoms with van der Waals surface area (Å²) in [6, 6.07) is 13.6. The number of rotatable bonds is 5. The van der Waals surface area contributed by atoms with E-state index >= 15 is 0 Å². The molecule has 0 aliphatic carbocycles. The van der Waals surface area contributed by atoms with Crippen LogP contribution in [-0.2, 0) is 11.2 Å². The number of ether oxygens (including phenoxy) is 1. The van der Waals surface area contributed by atoms with Gasteiger partial charge in [0.15, 0.2) is 0 Å². The Labute approximate surface area is 138 Å². The van der Waals surface area contributed by atoms with Crippen molar-refractivity contribution in [1.82, 2.24) is 4.98 Å². The van der Waals surface area contributed by atoms with Gasteiger partial charge in [-0.05, 0) is 54.4 Å². The highest BCUT2D eigenvalue weighted by Gasteiger charge is 2.10. The number of nitrogens with zero attached hydrogens (tertiary/aromatic N) is 1. The smallest absolute Gasteiger partial charge is 0.303 e. The molecule has 24 heavy (non-hydrogen) atoms. The van der Waals surface area contributed by atoms with Crippen molar-refractivity contribution in [3.05, 3.63) is 59.9 Å². The Morgan fingerprint density at radius 1 is 1.17 bits per heavy atom. The minimum atomic E-state index is -0.868. The summed E-state index contributed by atoms with van der Waals surface area (Å²) in [6.07, 6.45) is 0.377. The fourth-order valence-electron chi connectivity index (χ4n) is 2.63. The van der Waals surface area contributed by atoms with Crippen LogP contribution >= 0.6 is 0 Å². The highest BCUT2D eigenvalue weighted by molar-refractivity contribution is 5.85. The number of methoxy groups -OCH3 is 1. The molecule has 0 aliphatic rings. The number of aromatic nitrogens is 1. The lowest BCUT2D eigenvalue weighted by atomic mass is 10.0. The van der Waals surface area contributed by atoms with Crippen molar-refractivity contribution in [2.45, 2.75) is 12.8 Å². The van der Waals surface area contributed by atoms with E-state index in [0.29, 0.717) is 17.6 Å². The minimum absolute atomic E-state index is 0.0124. The molecule has 122 valence electrons. The van der Waals surface area contributed by atoms with E-state index in [1.54, 1.807) is 13.2 Å². The molecule has 2 aromatic carbocycles. The molecule has 0 saturated heterocycles. The van der Waals surface area contributed by atoms with E-state index in [1.807, 2.05) is 30.3 Å². The number of carboxylic acids is 1. The van der Waals surface area contributed by atoms with Crippen LogP contribution in [-0.4, -0.2) is 23.2 Å². The van der Waals surface area contributed by atoms with Crippen molar-refractivity contribution >= 4 is 16.9 Å². The largest absolute Gasteiger partial charge is 0.497 e. The molecule has 4 nitrogen and oxygen atoms in total. The Morgan fingerprint density at radius 3 is 2.58 bits per heavy atom. The number of hydrogen-bond acceptors (Lipinski definition) is 3. The molecule has 3 rings (SSSR count). The van der Waals surface area contributed by atoms with E-state index < -0.39 is 5.97 Å². The van der Waals surface area contributed by atoms with Gasteiger partial charge < -0.3 is 9.84 Å². The first-order valence-electron chi connectivity index (χ1n) is 7.52. The van der Waals surface area contributed by atoms with Gasteiger partial charge >= 0.3 is 5.97 Å². The summed E-state index contributed by atoms with van der Waals surface area (Å²) in [6.45, 7) is 0. The van der Waals surface area contributed by atoms with Gasteiger partial charge in [0.05, 0.1) is 18.3 Å². The van der Waals surface area contributed by atoms with Crippen LogP contribution in [0.5, 0.6) is 5.75 Å². The van der Waals surface area contributed by atoms with Crippen LogP contribution < -0.4 is 4.74 Å². The second-order valence-corrected chi connectivity index (χ2v) is 5.45. The van der Waals surface area contributed by atoms with Crippen LogP contribution in [0.15, 0.2) is 48.5 Å². The quantitative estimate of drug-likeness (QED) is 0.768. The minimum Gasteiger partial charge on any atom is -0.497 e. The third kappa shape index (κ3) is 3.35. The van der Waals surface area contributed by atoms with E-state index in [0.717, 1.165) is 22.3 Å². The Hall–Kier alpha value is -2.95. The van der Waals surface area contributed by atoms with Crippen LogP contribution in [0.2, 0.25) is 0 Å². The molecule has 0 saturated carbocycles. The molecule has 0 bridgehead atoms. The first-order chi connectivity index (χ1) is 11.6. The van der Waals surface area contributed by atoms with Crippen molar-refractivity contribution in [3.63, 3.8) is 0 Å². The second kappa shape index (κ2) is 6.66. The van der Waals surface area contributed by atoms with E-state index in [9.17, 15) is 9.18 Å². The summed E-state index contributed by atoms with van der Waals surface area (Å²) in [4.78, 5) is 15.4. The fourth-order valence-corrected chi connectivity index (χ4v) is 2.63. The van der Waals surface area contributed by atoms with Gasteiger partial charge in [0.25, 0.3) is 0 Å². The highest BCUT2D eigenvalue weighted by Crippen LogP contribution is 2.27. The molecule has 1 N–H and O–H groups in total. The van der Waals surface area contributed by atoms with Crippen molar-refractivity contribution in [1.29, 1.82) is 0 Å². The Kier molecular flexibility index (Phi) is 4.42. The lowest BCUT2D eigenvalue weighted by Gasteiger charge is -2.10. The van der Waals surface area contributed by atoms with Crippen molar-refractivity contribution < 1.29 is 19.0 Å². The average molecular weight is 325 g/mol. The van der Waals surface area contributed by atoms with Gasteiger partial charge in [0, 0.05) is 23.4 Å². The highest BCUT2D eigenvalue weighted by atomic mass is 19.1. The number of aryl methyl sites for hydroxylation is 1. The van der Waals surface area contributed by atoms with Crippen molar-refractivity contribution in [2.24, 2.45) is 0 Å². The third-order valence-electron chi connectivity index (χ3n) is 3.85. The van der Waals surface area contributed by atoms with Crippen LogP contribution in [0, 0.1) is 5.82 Å². The molecule has 3 aromatic rings. The molecule has 0 atom stereocenters. The molecule has 0 aliphatic heterocycles. The summed E-state index contributed by atoms with van der Waals surface area (Å²) in [5.41, 5.74) is 2.90. The zero-order valence-corrected chi connectivity index (χ0v) is 13.1. The lowest BCUT2D eigenvalue weighted by Crippen LogP contribution is -2.00. The lowest BCUT2D eigenvalue weighted by molar-refractivity contribution is -0.136. The zero-order valence-electron chi connectivity index (χ0n) is 13.1. The van der Waals surface area contributed by atoms with Gasteiger partial charge in [-0.3, -0.25) is 4.79 Å². The van der Waals surface area contributed by atoms with Crippen molar-refractivity contribution in [3.8, 4) is 17.0 Å². The molecule has 0 unspecified atom stereocenters. The zero-order chi connectivity index (χ0) is 17.1. The number of benzene rings is 2. The SMILES string of the molecule is COc1ccc(-c2cc(CCC(=O)O)c3ccc(F)cc3n2)cc1. The molecule has 1 heterocycles. The van der Waals surface area contributed by atoms with Gasteiger partial charge in [-0.2, -0.15) is 0 Å². The summed E-state index contributed by atoms with van der Waals surface area (Å²) in [7, 11) is 1.59. The number of halogens is 1. The normalized spacial score (nSPS) is 10.8. The fraction of sp³-hybridized carbons (Fsp3) is 0.158. The Morgan fingerprint density at radius 2 is 1.92 bits per heavy atom. The third-order valence-corrected chi connectivity index (χ3v) is 3.85. The summed E-state index contributed by atoms with van der Waals surface area (Å²) in [5.74, 6) is -0.504. The maximum atomic E-state index is 13.6. The maximum Gasteiger partial charge on any atom is 0.303 e. The second-order valence-electron chi connectivity index (χ2n) is 5.45.